The summed E-state index contributed by atoms with van der Waals surface area (Å²) in [6.07, 6.45) is 8.75. The number of likely N-dealkylation sites (tertiary alicyclic amines) is 2. The first-order chi connectivity index (χ1) is 28.3. The predicted octanol–water partition coefficient (Wildman–Crippen LogP) is 9.77. The second kappa shape index (κ2) is 13.8. The van der Waals surface area contributed by atoms with Crippen LogP contribution in [0.2, 0.25) is 0 Å². The summed E-state index contributed by atoms with van der Waals surface area (Å²) in [7, 11) is 1.83. The van der Waals surface area contributed by atoms with Crippen LogP contribution in [0.5, 0.6) is 0 Å². The van der Waals surface area contributed by atoms with E-state index in [-0.39, 0.29) is 70.3 Å². The predicted molar refractivity (Wildman–Crippen MR) is 225 cm³/mol. The molecule has 4 fully saturated rings. The largest absolute Gasteiger partial charge is 0.340 e. The Morgan fingerprint density at radius 2 is 1.58 bits per heavy atom. The average Bonchev–Trinajstić information content (AvgIpc) is 3.87. The minimum atomic E-state index is -3.21. The van der Waals surface area contributed by atoms with Gasteiger partial charge in [0.05, 0.1) is 41.0 Å². The zero-order valence-electron chi connectivity index (χ0n) is 34.9. The van der Waals surface area contributed by atoms with E-state index in [0.29, 0.717) is 39.7 Å². The van der Waals surface area contributed by atoms with E-state index in [1.807, 2.05) is 62.2 Å². The summed E-state index contributed by atoms with van der Waals surface area (Å²) >= 11 is 0. The fourth-order valence-electron chi connectivity index (χ4n) is 11.3. The molecule has 0 radical (unpaired) electrons. The van der Waals surface area contributed by atoms with Gasteiger partial charge in [0.25, 0.3) is 5.92 Å². The Morgan fingerprint density at radius 3 is 2.25 bits per heavy atom. The first kappa shape index (κ1) is 38.3. The molecule has 2 bridgehead atoms. The molecule has 2 aliphatic heterocycles. The molecule has 2 saturated heterocycles. The number of carbonyl (C=O) groups is 2. The van der Waals surface area contributed by atoms with Crippen LogP contribution in [-0.4, -0.2) is 67.2 Å². The summed E-state index contributed by atoms with van der Waals surface area (Å²) < 4.78 is 33.2. The highest BCUT2D eigenvalue weighted by molar-refractivity contribution is 5.87. The monoisotopic (exact) mass is 799 g/mol. The van der Waals surface area contributed by atoms with Gasteiger partial charge in [-0.25, -0.2) is 9.97 Å². The third-order valence-corrected chi connectivity index (χ3v) is 14.7. The Kier molecular flexibility index (Phi) is 8.98. The number of nitrogens with zero attached hydrogens (tertiary/aromatic N) is 4. The van der Waals surface area contributed by atoms with Crippen molar-refractivity contribution in [3.05, 3.63) is 83.6 Å². The number of hydrogen-bond donors (Lipinski definition) is 3. The smallest absolute Gasteiger partial charge is 0.299 e. The number of carbonyl (C=O) groups excluding carboxylic acids is 2. The molecule has 59 heavy (non-hydrogen) atoms. The van der Waals surface area contributed by atoms with E-state index >= 15 is 8.78 Å². The highest BCUT2D eigenvalue weighted by Gasteiger charge is 2.55. The van der Waals surface area contributed by atoms with Gasteiger partial charge in [0.15, 0.2) is 0 Å². The minimum absolute atomic E-state index is 0.0101. The van der Waals surface area contributed by atoms with Crippen molar-refractivity contribution in [1.82, 2.24) is 35.1 Å². The summed E-state index contributed by atoms with van der Waals surface area (Å²) in [6.45, 7) is 11.2. The van der Waals surface area contributed by atoms with Crippen molar-refractivity contribution >= 4 is 22.8 Å². The fraction of sp³-hybridized carbons (Fsp3) is 0.500. The van der Waals surface area contributed by atoms with Crippen LogP contribution in [0, 0.1) is 29.1 Å². The third-order valence-electron chi connectivity index (χ3n) is 14.7. The summed E-state index contributed by atoms with van der Waals surface area (Å²) in [5, 5.41) is 3.21. The van der Waals surface area contributed by atoms with E-state index in [1.165, 1.54) is 0 Å². The number of benzene rings is 3. The zero-order chi connectivity index (χ0) is 41.1. The second-order valence-electron chi connectivity index (χ2n) is 19.0. The van der Waals surface area contributed by atoms with Gasteiger partial charge < -0.3 is 25.1 Å². The SMILES string of the molecule is CC[C@H](C(=O)N1[C@@H]2CC[C@@H](C2)[C@H]1c1nc2ccc(-c3ccc4c(c3)C(F)(F)c3cc(-c5cnc([C@@H]6CC7(CC7)CN6C(=O)[C@@H](NC)C(C)C)[nH]5)ccc3-4)cc2[nH]1)C(C)C. The molecule has 2 amide bonds. The van der Waals surface area contributed by atoms with Crippen molar-refractivity contribution in [2.45, 2.75) is 110 Å². The Morgan fingerprint density at radius 1 is 0.881 bits per heavy atom. The van der Waals surface area contributed by atoms with Crippen LogP contribution < -0.4 is 5.32 Å². The normalized spacial score (nSPS) is 24.4. The van der Waals surface area contributed by atoms with E-state index in [4.69, 9.17) is 9.97 Å². The van der Waals surface area contributed by atoms with Crippen molar-refractivity contribution in [2.24, 2.45) is 29.1 Å². The number of alkyl halides is 2. The summed E-state index contributed by atoms with van der Waals surface area (Å²) in [6, 6.07) is 16.2. The van der Waals surface area contributed by atoms with Gasteiger partial charge in [-0.2, -0.15) is 8.78 Å². The standard InChI is InChI=1S/C48H55F2N7O2/c1-7-32(25(2)3)45(58)57-31-12-8-30(18-31)42(57)44-53-37-15-11-28(21-38(37)54-44)27-9-13-33-34-14-10-29(20-36(34)48(49,50)35(33)19-27)39-23-52-43(55-39)40-22-47(16-17-47)24-56(40)46(59)41(51-6)26(4)5/h9-11,13-15,19-21,23,25-26,30-32,40-42,51H,7-8,12,16-18,22,24H2,1-6H3,(H,52,55)(H,53,54)/t30-,31+,32-,40-,41-,42-/m0/s1. The van der Waals surface area contributed by atoms with Gasteiger partial charge in [0, 0.05) is 35.2 Å². The Labute approximate surface area is 344 Å². The van der Waals surface area contributed by atoms with Gasteiger partial charge in [0.1, 0.15) is 11.6 Å². The number of fused-ring (bicyclic) bond motifs is 6. The summed E-state index contributed by atoms with van der Waals surface area (Å²) in [5.74, 6) is -0.574. The summed E-state index contributed by atoms with van der Waals surface area (Å²) in [5.41, 5.74) is 5.63. The van der Waals surface area contributed by atoms with Crippen molar-refractivity contribution in [1.29, 1.82) is 0 Å². The number of rotatable bonds is 10. The van der Waals surface area contributed by atoms with E-state index in [0.717, 1.165) is 73.9 Å². The lowest BCUT2D eigenvalue weighted by Crippen LogP contribution is -2.48. The number of nitrogens with one attached hydrogen (secondary N) is 3. The molecule has 3 N–H and O–H groups in total. The number of imidazole rings is 2. The zero-order valence-corrected chi connectivity index (χ0v) is 34.9. The summed E-state index contributed by atoms with van der Waals surface area (Å²) in [4.78, 5) is 48.6. The molecular weight excluding hydrogens is 745 g/mol. The van der Waals surface area contributed by atoms with E-state index < -0.39 is 5.92 Å². The Bertz CT molecular complexity index is 2480. The molecule has 5 aliphatic rings. The molecule has 308 valence electrons. The maximum Gasteiger partial charge on any atom is 0.299 e. The van der Waals surface area contributed by atoms with Crippen LogP contribution in [0.3, 0.4) is 0 Å². The molecule has 9 nitrogen and oxygen atoms in total. The van der Waals surface area contributed by atoms with Crippen LogP contribution in [0.25, 0.3) is 44.5 Å². The van der Waals surface area contributed by atoms with Gasteiger partial charge in [-0.1, -0.05) is 65.0 Å². The lowest BCUT2D eigenvalue weighted by Gasteiger charge is -2.37. The molecule has 1 spiro atoms. The molecule has 6 atom stereocenters. The second-order valence-corrected chi connectivity index (χ2v) is 19.0. The number of likely N-dealkylation sites (N-methyl/N-ethyl adjacent to an activating group) is 1. The maximum atomic E-state index is 16.6. The van der Waals surface area contributed by atoms with Crippen LogP contribution >= 0.6 is 0 Å². The van der Waals surface area contributed by atoms with Gasteiger partial charge >= 0.3 is 0 Å². The topological polar surface area (TPSA) is 110 Å². The molecule has 11 heteroatoms. The van der Waals surface area contributed by atoms with Crippen LogP contribution in [0.1, 0.15) is 114 Å². The van der Waals surface area contributed by atoms with E-state index in [9.17, 15) is 9.59 Å². The maximum absolute atomic E-state index is 16.6. The van der Waals surface area contributed by atoms with Crippen molar-refractivity contribution in [2.75, 3.05) is 13.6 Å². The number of halogens is 2. The van der Waals surface area contributed by atoms with Gasteiger partial charge in [0.2, 0.25) is 11.8 Å². The van der Waals surface area contributed by atoms with Crippen LogP contribution in [0.15, 0.2) is 60.8 Å². The molecule has 3 aromatic carbocycles. The molecular formula is C48H55F2N7O2. The lowest BCUT2D eigenvalue weighted by atomic mass is 9.89. The quantitative estimate of drug-likeness (QED) is 0.130. The molecule has 2 aromatic heterocycles. The van der Waals surface area contributed by atoms with Gasteiger partial charge in [-0.3, -0.25) is 9.59 Å². The van der Waals surface area contributed by atoms with Crippen molar-refractivity contribution < 1.29 is 18.4 Å². The number of piperidine rings is 1. The number of hydrogen-bond acceptors (Lipinski definition) is 5. The Balaban J connectivity index is 0.912. The fourth-order valence-corrected chi connectivity index (χ4v) is 11.3. The molecule has 2 saturated carbocycles. The van der Waals surface area contributed by atoms with Crippen LogP contribution in [0.4, 0.5) is 8.78 Å². The Hall–Kier alpha value is -4.90. The first-order valence-corrected chi connectivity index (χ1v) is 21.8. The molecule has 5 aromatic rings. The number of H-pyrrole nitrogens is 2. The lowest BCUT2D eigenvalue weighted by molar-refractivity contribution is -0.142. The van der Waals surface area contributed by atoms with E-state index in [2.05, 4.69) is 41.0 Å². The van der Waals surface area contributed by atoms with Crippen LogP contribution in [-0.2, 0) is 15.5 Å². The average molecular weight is 800 g/mol. The van der Waals surface area contributed by atoms with Crippen molar-refractivity contribution in [3.63, 3.8) is 0 Å². The molecule has 3 aliphatic carbocycles. The van der Waals surface area contributed by atoms with Gasteiger partial charge in [-0.15, -0.1) is 0 Å². The minimum Gasteiger partial charge on any atom is -0.340 e. The van der Waals surface area contributed by atoms with Crippen molar-refractivity contribution in [3.8, 4) is 33.5 Å². The highest BCUT2D eigenvalue weighted by atomic mass is 19.3. The number of aromatic nitrogens is 4. The first-order valence-electron chi connectivity index (χ1n) is 21.8. The number of aromatic amines is 2. The molecule has 10 rings (SSSR count). The van der Waals surface area contributed by atoms with E-state index in [1.54, 1.807) is 24.4 Å². The third kappa shape index (κ3) is 6.07. The number of amides is 2. The highest BCUT2D eigenvalue weighted by Crippen LogP contribution is 2.59. The molecule has 4 heterocycles. The molecule has 0 unspecified atom stereocenters. The van der Waals surface area contributed by atoms with Gasteiger partial charge in [-0.05, 0) is 122 Å².